The highest BCUT2D eigenvalue weighted by Gasteiger charge is 2.53. The van der Waals surface area contributed by atoms with Crippen molar-refractivity contribution in [2.75, 3.05) is 0 Å². The van der Waals surface area contributed by atoms with E-state index in [-0.39, 0.29) is 0 Å². The van der Waals surface area contributed by atoms with Gasteiger partial charge in [-0.05, 0) is 80.6 Å². The molecule has 0 aromatic carbocycles. The molecule has 0 saturated heterocycles. The van der Waals surface area contributed by atoms with E-state index in [0.717, 1.165) is 11.8 Å². The molecule has 2 saturated carbocycles. The van der Waals surface area contributed by atoms with E-state index in [4.69, 9.17) is 0 Å². The van der Waals surface area contributed by atoms with E-state index in [9.17, 15) is 0 Å². The first-order chi connectivity index (χ1) is 9.34. The minimum atomic E-state index is 0.565. The van der Waals surface area contributed by atoms with Crippen LogP contribution in [-0.2, 0) is 0 Å². The van der Waals surface area contributed by atoms with Gasteiger partial charge in [-0.3, -0.25) is 0 Å². The fraction of sp³-hybridized carbons (Fsp3) is 0.800. The van der Waals surface area contributed by atoms with Gasteiger partial charge >= 0.3 is 0 Å². The maximum absolute atomic E-state index is 2.63. The Hall–Kier alpha value is -0.520. The number of rotatable bonds is 0. The maximum atomic E-state index is 2.63. The fourth-order valence-electron chi connectivity index (χ4n) is 5.89. The van der Waals surface area contributed by atoms with Crippen molar-refractivity contribution >= 4 is 0 Å². The van der Waals surface area contributed by atoms with Crippen molar-refractivity contribution in [2.24, 2.45) is 22.7 Å². The van der Waals surface area contributed by atoms with Crippen LogP contribution in [0.2, 0.25) is 0 Å². The zero-order chi connectivity index (χ0) is 14.5. The van der Waals surface area contributed by atoms with E-state index < -0.39 is 0 Å². The highest BCUT2D eigenvalue weighted by molar-refractivity contribution is 5.34. The van der Waals surface area contributed by atoms with Crippen molar-refractivity contribution in [3.05, 3.63) is 22.8 Å². The zero-order valence-corrected chi connectivity index (χ0v) is 14.2. The Morgan fingerprint density at radius 2 is 1.80 bits per heavy atom. The van der Waals surface area contributed by atoms with Crippen LogP contribution < -0.4 is 0 Å². The third-order valence-electron chi connectivity index (χ3n) is 6.95. The van der Waals surface area contributed by atoms with E-state index in [0.29, 0.717) is 10.8 Å². The summed E-state index contributed by atoms with van der Waals surface area (Å²) in [5.74, 6) is 1.82. The molecule has 3 aliphatic rings. The van der Waals surface area contributed by atoms with Gasteiger partial charge in [0.15, 0.2) is 0 Å². The van der Waals surface area contributed by atoms with Gasteiger partial charge in [-0.25, -0.2) is 0 Å². The van der Waals surface area contributed by atoms with Crippen LogP contribution in [0.1, 0.15) is 79.6 Å². The van der Waals surface area contributed by atoms with Crippen molar-refractivity contribution in [1.29, 1.82) is 0 Å². The maximum Gasteiger partial charge on any atom is -0.0140 e. The fourth-order valence-corrected chi connectivity index (χ4v) is 5.89. The van der Waals surface area contributed by atoms with Gasteiger partial charge in [0.2, 0.25) is 0 Å². The molecule has 0 aliphatic heterocycles. The quantitative estimate of drug-likeness (QED) is 0.486. The Bertz CT molecular complexity index is 458. The van der Waals surface area contributed by atoms with Crippen molar-refractivity contribution < 1.29 is 0 Å². The smallest absolute Gasteiger partial charge is 0.0140 e. The predicted molar refractivity (Wildman–Crippen MR) is 87.6 cm³/mol. The number of allylic oxidation sites excluding steroid dienone is 4. The van der Waals surface area contributed by atoms with E-state index in [1.54, 1.807) is 11.1 Å². The summed E-state index contributed by atoms with van der Waals surface area (Å²) < 4.78 is 0. The van der Waals surface area contributed by atoms with Crippen molar-refractivity contribution in [2.45, 2.75) is 79.6 Å². The van der Waals surface area contributed by atoms with Gasteiger partial charge in [0.05, 0.1) is 0 Å². The van der Waals surface area contributed by atoms with Gasteiger partial charge in [-0.2, -0.15) is 0 Å². The molecule has 0 aromatic heterocycles. The highest BCUT2D eigenvalue weighted by Crippen LogP contribution is 2.62. The van der Waals surface area contributed by atoms with Crippen molar-refractivity contribution in [1.82, 2.24) is 0 Å². The van der Waals surface area contributed by atoms with Gasteiger partial charge < -0.3 is 0 Å². The molecule has 0 nitrogen and oxygen atoms in total. The lowest BCUT2D eigenvalue weighted by molar-refractivity contribution is -0.0551. The monoisotopic (exact) mass is 272 g/mol. The van der Waals surface area contributed by atoms with Crippen LogP contribution >= 0.6 is 0 Å². The SMILES string of the molecule is CC(C)=C1C=C2CCC3C(C)(C)CCC[C@@]3(C)[C@@H]2CC1. The number of hydrogen-bond acceptors (Lipinski definition) is 0. The molecule has 20 heavy (non-hydrogen) atoms. The third-order valence-corrected chi connectivity index (χ3v) is 6.95. The number of hydrogen-bond donors (Lipinski definition) is 0. The Labute approximate surface area is 125 Å². The first-order valence-electron chi connectivity index (χ1n) is 8.71. The minimum Gasteiger partial charge on any atom is -0.0732 e. The Morgan fingerprint density at radius 3 is 2.50 bits per heavy atom. The molecule has 0 heterocycles. The average molecular weight is 272 g/mol. The first kappa shape index (κ1) is 14.4. The summed E-state index contributed by atoms with van der Waals surface area (Å²) in [6.45, 7) is 12.3. The summed E-state index contributed by atoms with van der Waals surface area (Å²) in [6, 6.07) is 0. The van der Waals surface area contributed by atoms with Gasteiger partial charge in [0, 0.05) is 0 Å². The molecule has 0 spiro atoms. The predicted octanol–water partition coefficient (Wildman–Crippen LogP) is 6.29. The molecule has 0 bridgehead atoms. The molecule has 2 fully saturated rings. The van der Waals surface area contributed by atoms with Crippen LogP contribution in [0.5, 0.6) is 0 Å². The van der Waals surface area contributed by atoms with Crippen LogP contribution in [0.25, 0.3) is 0 Å². The van der Waals surface area contributed by atoms with Crippen LogP contribution in [0.3, 0.4) is 0 Å². The largest absolute Gasteiger partial charge is 0.0732 e. The van der Waals surface area contributed by atoms with E-state index in [2.05, 4.69) is 40.7 Å². The van der Waals surface area contributed by atoms with E-state index in [1.165, 1.54) is 50.5 Å². The van der Waals surface area contributed by atoms with Crippen molar-refractivity contribution in [3.8, 4) is 0 Å². The first-order valence-corrected chi connectivity index (χ1v) is 8.71. The molecule has 112 valence electrons. The van der Waals surface area contributed by atoms with E-state index >= 15 is 0 Å². The van der Waals surface area contributed by atoms with Crippen LogP contribution in [0.15, 0.2) is 22.8 Å². The second-order valence-electron chi connectivity index (χ2n) is 8.77. The highest BCUT2D eigenvalue weighted by atomic mass is 14.6. The normalized spacial score (nSPS) is 39.6. The topological polar surface area (TPSA) is 0 Å². The summed E-state index contributed by atoms with van der Waals surface area (Å²) >= 11 is 0. The molecule has 0 aromatic rings. The lowest BCUT2D eigenvalue weighted by atomic mass is 9.46. The summed E-state index contributed by atoms with van der Waals surface area (Å²) in [6.07, 6.45) is 12.5. The molecule has 0 radical (unpaired) electrons. The Kier molecular flexibility index (Phi) is 3.42. The lowest BCUT2D eigenvalue weighted by Gasteiger charge is -2.59. The minimum absolute atomic E-state index is 0.565. The average Bonchev–Trinajstić information content (AvgIpc) is 2.37. The van der Waals surface area contributed by atoms with E-state index in [1.807, 2.05) is 0 Å². The molecule has 3 rings (SSSR count). The van der Waals surface area contributed by atoms with Crippen molar-refractivity contribution in [3.63, 3.8) is 0 Å². The molecule has 3 aliphatic carbocycles. The third kappa shape index (κ3) is 2.11. The molecule has 0 amide bonds. The van der Waals surface area contributed by atoms with Crippen LogP contribution in [0.4, 0.5) is 0 Å². The molecule has 0 heteroatoms. The van der Waals surface area contributed by atoms with Gasteiger partial charge in [-0.15, -0.1) is 0 Å². The molecular formula is C20H32. The lowest BCUT2D eigenvalue weighted by Crippen LogP contribution is -2.50. The molecule has 0 N–H and O–H groups in total. The van der Waals surface area contributed by atoms with Gasteiger partial charge in [-0.1, -0.05) is 44.4 Å². The van der Waals surface area contributed by atoms with Gasteiger partial charge in [0.25, 0.3) is 0 Å². The summed E-state index contributed by atoms with van der Waals surface area (Å²) in [7, 11) is 0. The zero-order valence-electron chi connectivity index (χ0n) is 14.2. The molecule has 1 unspecified atom stereocenters. The van der Waals surface area contributed by atoms with Crippen LogP contribution in [-0.4, -0.2) is 0 Å². The second-order valence-corrected chi connectivity index (χ2v) is 8.77. The molecular weight excluding hydrogens is 240 g/mol. The van der Waals surface area contributed by atoms with Crippen LogP contribution in [0, 0.1) is 22.7 Å². The summed E-state index contributed by atoms with van der Waals surface area (Å²) in [5.41, 5.74) is 6.11. The Morgan fingerprint density at radius 1 is 1.05 bits per heavy atom. The standard InChI is InChI=1S/C20H32/c1-14(2)15-7-9-17-16(13-15)8-10-18-19(3,4)11-6-12-20(17,18)5/h13,17-18H,6-12H2,1-5H3/t17-,18?,20+/m1/s1. The van der Waals surface area contributed by atoms with Gasteiger partial charge in [0.1, 0.15) is 0 Å². The molecule has 3 atom stereocenters. The summed E-state index contributed by atoms with van der Waals surface area (Å²) in [5, 5.41) is 0. The number of fused-ring (bicyclic) bond motifs is 3. The summed E-state index contributed by atoms with van der Waals surface area (Å²) in [4.78, 5) is 0. The Balaban J connectivity index is 1.97. The second kappa shape index (κ2) is 4.75.